The van der Waals surface area contributed by atoms with Gasteiger partial charge < -0.3 is 0 Å². The van der Waals surface area contributed by atoms with Gasteiger partial charge in [0.25, 0.3) is 0 Å². The van der Waals surface area contributed by atoms with Crippen LogP contribution in [0.1, 0.15) is 0 Å². The van der Waals surface area contributed by atoms with Crippen molar-refractivity contribution in [2.24, 2.45) is 0 Å². The number of hydrogen-bond donors (Lipinski definition) is 1. The van der Waals surface area contributed by atoms with E-state index in [1.165, 1.54) is 10.6 Å². The monoisotopic (exact) mass is 214 g/mol. The van der Waals surface area contributed by atoms with Crippen LogP contribution in [0.4, 0.5) is 0 Å². The fourth-order valence-corrected chi connectivity index (χ4v) is 1.21. The third kappa shape index (κ3) is 0.864. The molecule has 0 saturated carbocycles. The number of nitrogens with zero attached hydrogens (tertiary/aromatic N) is 3. The van der Waals surface area contributed by atoms with E-state index in [4.69, 9.17) is 0 Å². The first kappa shape index (κ1) is 6.53. The van der Waals surface area contributed by atoms with Crippen molar-refractivity contribution in [2.75, 3.05) is 0 Å². The molecule has 5 nitrogen and oxygen atoms in total. The van der Waals surface area contributed by atoms with Crippen molar-refractivity contribution in [2.45, 2.75) is 0 Å². The van der Waals surface area contributed by atoms with Crippen LogP contribution in [0.2, 0.25) is 0 Å². The van der Waals surface area contributed by atoms with E-state index in [9.17, 15) is 4.79 Å². The van der Waals surface area contributed by atoms with Crippen molar-refractivity contribution in [1.82, 2.24) is 19.6 Å². The molecule has 0 aliphatic carbocycles. The summed E-state index contributed by atoms with van der Waals surface area (Å²) < 4.78 is 1.93. The minimum absolute atomic E-state index is 0.261. The van der Waals surface area contributed by atoms with Crippen LogP contribution in [0.25, 0.3) is 5.65 Å². The lowest BCUT2D eigenvalue weighted by atomic mass is 10.7. The molecule has 2 aromatic rings. The lowest BCUT2D eigenvalue weighted by Crippen LogP contribution is -2.08. The summed E-state index contributed by atoms with van der Waals surface area (Å²) >= 11 is 3.16. The highest BCUT2D eigenvalue weighted by Crippen LogP contribution is 2.08. The number of halogens is 1. The minimum atomic E-state index is -0.261. The van der Waals surface area contributed by atoms with Crippen LogP contribution in [0, 0.1) is 0 Å². The molecule has 0 aliphatic rings. The molecule has 2 heterocycles. The molecule has 0 radical (unpaired) electrons. The first-order valence-electron chi connectivity index (χ1n) is 2.86. The number of rotatable bonds is 0. The van der Waals surface area contributed by atoms with Crippen LogP contribution in [-0.2, 0) is 0 Å². The first-order valence-corrected chi connectivity index (χ1v) is 3.65. The van der Waals surface area contributed by atoms with Gasteiger partial charge in [-0.15, -0.1) is 5.10 Å². The van der Waals surface area contributed by atoms with Gasteiger partial charge in [-0.2, -0.15) is 0 Å². The highest BCUT2D eigenvalue weighted by molar-refractivity contribution is 9.10. The summed E-state index contributed by atoms with van der Waals surface area (Å²) in [6.45, 7) is 0. The largest absolute Gasteiger partial charge is 0.347 e. The fourth-order valence-electron chi connectivity index (χ4n) is 0.812. The molecule has 2 rings (SSSR count). The molecule has 11 heavy (non-hydrogen) atoms. The molecule has 0 aliphatic heterocycles. The van der Waals surface area contributed by atoms with Gasteiger partial charge in [0.05, 0.1) is 0 Å². The van der Waals surface area contributed by atoms with Crippen LogP contribution < -0.4 is 5.69 Å². The van der Waals surface area contributed by atoms with Crippen LogP contribution >= 0.6 is 15.9 Å². The van der Waals surface area contributed by atoms with Crippen molar-refractivity contribution in [3.63, 3.8) is 0 Å². The zero-order chi connectivity index (χ0) is 7.84. The summed E-state index contributed by atoms with van der Waals surface area (Å²) in [6.07, 6.45) is 3.07. The van der Waals surface area contributed by atoms with E-state index in [0.29, 0.717) is 10.3 Å². The number of fused-ring (bicyclic) bond motifs is 1. The summed E-state index contributed by atoms with van der Waals surface area (Å²) in [5, 5.41) is 6.04. The van der Waals surface area contributed by atoms with Crippen LogP contribution in [0.3, 0.4) is 0 Å². The topological polar surface area (TPSA) is 63.0 Å². The molecule has 6 heteroatoms. The Morgan fingerprint density at radius 2 is 2.45 bits per heavy atom. The zero-order valence-electron chi connectivity index (χ0n) is 5.28. The van der Waals surface area contributed by atoms with Crippen molar-refractivity contribution >= 4 is 21.6 Å². The van der Waals surface area contributed by atoms with Gasteiger partial charge in [0.15, 0.2) is 10.3 Å². The quantitative estimate of drug-likeness (QED) is 0.681. The van der Waals surface area contributed by atoms with Gasteiger partial charge in [-0.3, -0.25) is 0 Å². The molecule has 0 atom stereocenters. The molecule has 56 valence electrons. The maximum atomic E-state index is 10.9. The molecule has 2 aromatic heterocycles. The van der Waals surface area contributed by atoms with Gasteiger partial charge in [0.1, 0.15) is 0 Å². The molecule has 1 N–H and O–H groups in total. The molecule has 0 saturated heterocycles. The van der Waals surface area contributed by atoms with Crippen molar-refractivity contribution < 1.29 is 0 Å². The van der Waals surface area contributed by atoms with Crippen molar-refractivity contribution in [1.29, 1.82) is 0 Å². The highest BCUT2D eigenvalue weighted by Gasteiger charge is 2.02. The maximum Gasteiger partial charge on any atom is 0.347 e. The Balaban J connectivity index is 3.06. The van der Waals surface area contributed by atoms with E-state index in [0.717, 1.165) is 0 Å². The van der Waals surface area contributed by atoms with Crippen LogP contribution in [-0.4, -0.2) is 19.6 Å². The summed E-state index contributed by atoms with van der Waals surface area (Å²) in [5.41, 5.74) is 0.237. The number of hydrogen-bond acceptors (Lipinski definition) is 3. The third-order valence-corrected chi connectivity index (χ3v) is 1.85. The Morgan fingerprint density at radius 3 is 3.18 bits per heavy atom. The molecule has 0 aromatic carbocycles. The Hall–Kier alpha value is -1.17. The van der Waals surface area contributed by atoms with Crippen LogP contribution in [0.15, 0.2) is 21.8 Å². The molecule has 0 amide bonds. The molecule has 0 bridgehead atoms. The van der Waals surface area contributed by atoms with Gasteiger partial charge in [0, 0.05) is 12.4 Å². The van der Waals surface area contributed by atoms with Gasteiger partial charge in [-0.1, -0.05) is 0 Å². The number of aromatic nitrogens is 4. The maximum absolute atomic E-state index is 10.9. The first-order chi connectivity index (χ1) is 5.29. The van der Waals surface area contributed by atoms with E-state index in [1.54, 1.807) is 6.20 Å². The Bertz CT molecular complexity index is 445. The van der Waals surface area contributed by atoms with E-state index in [1.807, 2.05) is 0 Å². The zero-order valence-corrected chi connectivity index (χ0v) is 6.87. The van der Waals surface area contributed by atoms with E-state index in [2.05, 4.69) is 31.1 Å². The average molecular weight is 215 g/mol. The molecule has 0 unspecified atom stereocenters. The van der Waals surface area contributed by atoms with E-state index < -0.39 is 0 Å². The second kappa shape index (κ2) is 2.16. The SMILES string of the molecule is O=c1[nH]nc2c(Br)nccn12. The van der Waals surface area contributed by atoms with E-state index in [-0.39, 0.29) is 5.69 Å². The molecule has 0 fully saturated rings. The van der Waals surface area contributed by atoms with E-state index >= 15 is 0 Å². The summed E-state index contributed by atoms with van der Waals surface area (Å²) in [4.78, 5) is 14.8. The van der Waals surface area contributed by atoms with Crippen LogP contribution in [0.5, 0.6) is 0 Å². The fraction of sp³-hybridized carbons (Fsp3) is 0. The second-order valence-electron chi connectivity index (χ2n) is 1.94. The van der Waals surface area contributed by atoms with Crippen molar-refractivity contribution in [3.8, 4) is 0 Å². The summed E-state index contributed by atoms with van der Waals surface area (Å²) in [6, 6.07) is 0. The Labute approximate surface area is 69.2 Å². The van der Waals surface area contributed by atoms with Crippen molar-refractivity contribution in [3.05, 3.63) is 27.5 Å². The van der Waals surface area contributed by atoms with Gasteiger partial charge in [-0.25, -0.2) is 19.3 Å². The lowest BCUT2D eigenvalue weighted by molar-refractivity contribution is 1.02. The lowest BCUT2D eigenvalue weighted by Gasteiger charge is -1.89. The highest BCUT2D eigenvalue weighted by atomic mass is 79.9. The molecular formula is C5H3BrN4O. The van der Waals surface area contributed by atoms with Gasteiger partial charge in [0.2, 0.25) is 0 Å². The molecule has 0 spiro atoms. The Kier molecular flexibility index (Phi) is 1.28. The summed E-state index contributed by atoms with van der Waals surface area (Å²) in [5.74, 6) is 0. The smallest absolute Gasteiger partial charge is 0.247 e. The minimum Gasteiger partial charge on any atom is -0.247 e. The van der Waals surface area contributed by atoms with Gasteiger partial charge in [-0.05, 0) is 15.9 Å². The summed E-state index contributed by atoms with van der Waals surface area (Å²) in [7, 11) is 0. The third-order valence-electron chi connectivity index (χ3n) is 1.29. The van der Waals surface area contributed by atoms with Gasteiger partial charge >= 0.3 is 5.69 Å². The second-order valence-corrected chi connectivity index (χ2v) is 2.69. The number of H-pyrrole nitrogens is 1. The average Bonchev–Trinajstić information content (AvgIpc) is 2.35. The Morgan fingerprint density at radius 1 is 1.64 bits per heavy atom. The molecular weight excluding hydrogens is 212 g/mol. The normalized spacial score (nSPS) is 10.6. The number of aromatic amines is 1. The predicted molar refractivity (Wildman–Crippen MR) is 41.3 cm³/mol. The standard InChI is InChI=1S/C5H3BrN4O/c6-3-4-8-9-5(11)10(4)2-1-7-3/h1-2H,(H,9,11). The number of nitrogens with one attached hydrogen (secondary N) is 1. The predicted octanol–water partition coefficient (Wildman–Crippen LogP) is 0.180.